The molecule has 13 heteroatoms. The van der Waals surface area contributed by atoms with Crippen LogP contribution < -0.4 is 0 Å². The molecule has 0 radical (unpaired) electrons. The minimum atomic E-state index is -4.86. The van der Waals surface area contributed by atoms with Crippen LogP contribution in [0.15, 0.2) is 47.1 Å². The van der Waals surface area contributed by atoms with Gasteiger partial charge in [0.15, 0.2) is 5.82 Å². The van der Waals surface area contributed by atoms with E-state index in [0.29, 0.717) is 55.1 Å². The highest BCUT2D eigenvalue weighted by Crippen LogP contribution is 2.36. The zero-order valence-electron chi connectivity index (χ0n) is 20.6. The van der Waals surface area contributed by atoms with Crippen LogP contribution in [0, 0.1) is 18.2 Å². The first-order valence-electron chi connectivity index (χ1n) is 12.1. The summed E-state index contributed by atoms with van der Waals surface area (Å²) in [7, 11) is 0. The van der Waals surface area contributed by atoms with Crippen LogP contribution in [0.1, 0.15) is 47.1 Å². The fourth-order valence-electron chi connectivity index (χ4n) is 4.64. The van der Waals surface area contributed by atoms with E-state index >= 15 is 0 Å². The number of aromatic amines is 1. The summed E-state index contributed by atoms with van der Waals surface area (Å²) in [5.41, 5.74) is -1.82. The number of hydrogen-bond donors (Lipinski definition) is 1. The summed E-state index contributed by atoms with van der Waals surface area (Å²) >= 11 is 0. The third-order valence-electron chi connectivity index (χ3n) is 6.71. The number of H-pyrrole nitrogens is 1. The van der Waals surface area contributed by atoms with Gasteiger partial charge in [0.25, 0.3) is 5.89 Å². The highest BCUT2D eigenvalue weighted by atomic mass is 19.4. The lowest BCUT2D eigenvalue weighted by Crippen LogP contribution is -2.33. The average molecular weight is 563 g/mol. The number of alkyl halides is 6. The van der Waals surface area contributed by atoms with E-state index in [-0.39, 0.29) is 35.3 Å². The number of terminal acetylenes is 1. The van der Waals surface area contributed by atoms with E-state index in [2.05, 4.69) is 26.0 Å². The summed E-state index contributed by atoms with van der Waals surface area (Å²) in [5, 5.41) is 3.84. The SMILES string of the molecule is C#Cc1ccc(-c2cnc(C3CCN(Cc4noc(-c5ccc(F)c(C(F)(F)F)c5)n4)CC3)[nH]2)cc1C(F)(F)F. The molecule has 208 valence electrons. The fraction of sp³-hybridized carbons (Fsp3) is 0.296. The topological polar surface area (TPSA) is 70.8 Å². The van der Waals surface area contributed by atoms with Gasteiger partial charge in [-0.05, 0) is 56.3 Å². The quantitative estimate of drug-likeness (QED) is 0.217. The Hall–Kier alpha value is -4.18. The van der Waals surface area contributed by atoms with Crippen LogP contribution in [0.3, 0.4) is 0 Å². The van der Waals surface area contributed by atoms with Gasteiger partial charge in [-0.15, -0.1) is 6.42 Å². The van der Waals surface area contributed by atoms with Gasteiger partial charge in [0.1, 0.15) is 11.6 Å². The maximum atomic E-state index is 13.6. The number of aromatic nitrogens is 4. The van der Waals surface area contributed by atoms with Crippen molar-refractivity contribution >= 4 is 0 Å². The van der Waals surface area contributed by atoms with Crippen LogP contribution in [0.25, 0.3) is 22.7 Å². The maximum Gasteiger partial charge on any atom is 0.419 e. The second-order valence-corrected chi connectivity index (χ2v) is 9.34. The second-order valence-electron chi connectivity index (χ2n) is 9.34. The zero-order valence-corrected chi connectivity index (χ0v) is 20.6. The molecule has 2 aromatic carbocycles. The predicted octanol–water partition coefficient (Wildman–Crippen LogP) is 6.66. The molecule has 1 aliphatic rings. The van der Waals surface area contributed by atoms with Crippen molar-refractivity contribution in [3.63, 3.8) is 0 Å². The molecule has 0 aliphatic carbocycles. The number of halogens is 7. The van der Waals surface area contributed by atoms with Crippen LogP contribution in [-0.4, -0.2) is 38.1 Å². The highest BCUT2D eigenvalue weighted by molar-refractivity contribution is 5.63. The number of hydrogen-bond acceptors (Lipinski definition) is 5. The number of nitrogens with zero attached hydrogens (tertiary/aromatic N) is 4. The van der Waals surface area contributed by atoms with Crippen LogP contribution in [0.2, 0.25) is 0 Å². The molecule has 1 aliphatic heterocycles. The van der Waals surface area contributed by atoms with Crippen LogP contribution >= 0.6 is 0 Å². The van der Waals surface area contributed by atoms with Crippen molar-refractivity contribution in [2.24, 2.45) is 0 Å². The van der Waals surface area contributed by atoms with E-state index in [1.54, 1.807) is 0 Å². The molecule has 0 atom stereocenters. The molecule has 0 amide bonds. The Bertz CT molecular complexity index is 1560. The lowest BCUT2D eigenvalue weighted by molar-refractivity contribution is -0.140. The molecule has 0 bridgehead atoms. The van der Waals surface area contributed by atoms with Gasteiger partial charge >= 0.3 is 12.4 Å². The number of benzene rings is 2. The van der Waals surface area contributed by atoms with Crippen LogP contribution in [0.4, 0.5) is 30.7 Å². The van der Waals surface area contributed by atoms with Gasteiger partial charge in [0.2, 0.25) is 0 Å². The lowest BCUT2D eigenvalue weighted by Gasteiger charge is -2.30. The monoisotopic (exact) mass is 563 g/mol. The Morgan fingerprint density at radius 1 is 0.975 bits per heavy atom. The maximum absolute atomic E-state index is 13.6. The normalized spacial score (nSPS) is 15.3. The van der Waals surface area contributed by atoms with Crippen molar-refractivity contribution in [1.82, 2.24) is 25.0 Å². The number of imidazole rings is 1. The van der Waals surface area contributed by atoms with E-state index in [0.717, 1.165) is 12.1 Å². The number of rotatable bonds is 5. The Kier molecular flexibility index (Phi) is 7.14. The molecule has 3 heterocycles. The van der Waals surface area contributed by atoms with E-state index in [4.69, 9.17) is 10.9 Å². The van der Waals surface area contributed by atoms with Gasteiger partial charge in [-0.1, -0.05) is 17.1 Å². The van der Waals surface area contributed by atoms with Gasteiger partial charge in [-0.25, -0.2) is 9.37 Å². The van der Waals surface area contributed by atoms with Gasteiger partial charge < -0.3 is 9.51 Å². The molecule has 1 saturated heterocycles. The van der Waals surface area contributed by atoms with E-state index < -0.39 is 29.3 Å². The molecule has 1 fully saturated rings. The van der Waals surface area contributed by atoms with Gasteiger partial charge in [0.05, 0.1) is 29.6 Å². The van der Waals surface area contributed by atoms with Crippen molar-refractivity contribution in [3.05, 3.63) is 76.8 Å². The Morgan fingerprint density at radius 3 is 2.33 bits per heavy atom. The Balaban J connectivity index is 1.22. The fourth-order valence-corrected chi connectivity index (χ4v) is 4.64. The molecular formula is C27H20F7N5O. The van der Waals surface area contributed by atoms with Crippen LogP contribution in [0.5, 0.6) is 0 Å². The standard InChI is InChI=1S/C27H20F7N5O/c1-2-15-3-4-17(11-19(15)26(29,30)31)22-13-35-24(36-22)16-7-9-39(10-8-16)14-23-37-25(40-38-23)18-5-6-21(28)20(12-18)27(32,33)34/h1,3-6,11-13,16H,7-10,14H2,(H,35,36). The minimum absolute atomic E-state index is 0.0397. The summed E-state index contributed by atoms with van der Waals surface area (Å²) < 4.78 is 97.9. The van der Waals surface area contributed by atoms with E-state index in [1.807, 2.05) is 4.90 Å². The number of nitrogens with one attached hydrogen (secondary N) is 1. The molecule has 40 heavy (non-hydrogen) atoms. The summed E-state index contributed by atoms with van der Waals surface area (Å²) in [5.74, 6) is 1.48. The third-order valence-corrected chi connectivity index (χ3v) is 6.71. The smallest absolute Gasteiger partial charge is 0.342 e. The largest absolute Gasteiger partial charge is 0.419 e. The Morgan fingerprint density at radius 2 is 1.65 bits per heavy atom. The van der Waals surface area contributed by atoms with E-state index in [1.165, 1.54) is 18.3 Å². The van der Waals surface area contributed by atoms with Gasteiger partial charge in [0, 0.05) is 22.6 Å². The second kappa shape index (κ2) is 10.4. The first-order valence-corrected chi connectivity index (χ1v) is 12.1. The summed E-state index contributed by atoms with van der Waals surface area (Å²) in [6.45, 7) is 1.53. The van der Waals surface area contributed by atoms with Crippen molar-refractivity contribution in [2.45, 2.75) is 37.7 Å². The predicted molar refractivity (Wildman–Crippen MR) is 129 cm³/mol. The summed E-state index contributed by atoms with van der Waals surface area (Å²) in [6, 6.07) is 6.24. The molecule has 0 saturated carbocycles. The molecule has 1 N–H and O–H groups in total. The zero-order chi connectivity index (χ0) is 28.7. The molecule has 5 rings (SSSR count). The average Bonchev–Trinajstić information content (AvgIpc) is 3.58. The lowest BCUT2D eigenvalue weighted by atomic mass is 9.96. The highest BCUT2D eigenvalue weighted by Gasteiger charge is 2.35. The first-order chi connectivity index (χ1) is 18.9. The first kappa shape index (κ1) is 27.4. The van der Waals surface area contributed by atoms with Crippen molar-refractivity contribution in [1.29, 1.82) is 0 Å². The number of likely N-dealkylation sites (tertiary alicyclic amines) is 1. The molecule has 0 unspecified atom stereocenters. The molecule has 2 aromatic heterocycles. The van der Waals surface area contributed by atoms with Gasteiger partial charge in [-0.3, -0.25) is 4.90 Å². The van der Waals surface area contributed by atoms with Crippen molar-refractivity contribution in [3.8, 4) is 35.1 Å². The molecular weight excluding hydrogens is 543 g/mol. The van der Waals surface area contributed by atoms with E-state index in [9.17, 15) is 30.7 Å². The Labute approximate surface area is 223 Å². The van der Waals surface area contributed by atoms with Crippen LogP contribution in [-0.2, 0) is 18.9 Å². The van der Waals surface area contributed by atoms with Gasteiger partial charge in [-0.2, -0.15) is 31.3 Å². The third kappa shape index (κ3) is 5.72. The minimum Gasteiger partial charge on any atom is -0.342 e. The number of piperidine rings is 1. The molecule has 6 nitrogen and oxygen atoms in total. The van der Waals surface area contributed by atoms with Crippen molar-refractivity contribution in [2.75, 3.05) is 13.1 Å². The summed E-state index contributed by atoms with van der Waals surface area (Å²) in [6.07, 6.45) is -1.36. The van der Waals surface area contributed by atoms with Crippen molar-refractivity contribution < 1.29 is 35.3 Å². The molecule has 4 aromatic rings. The summed E-state index contributed by atoms with van der Waals surface area (Å²) in [4.78, 5) is 13.7. The molecule has 0 spiro atoms.